The summed E-state index contributed by atoms with van der Waals surface area (Å²) in [5.41, 5.74) is 7.54. The average molecular weight is 497 g/mol. The van der Waals surface area contributed by atoms with Gasteiger partial charge in [0.25, 0.3) is 0 Å². The maximum absolute atomic E-state index is 12.0. The molecule has 3 aromatic carbocycles. The van der Waals surface area contributed by atoms with Crippen LogP contribution in [0.5, 0.6) is 0 Å². The minimum absolute atomic E-state index is 0.328. The van der Waals surface area contributed by atoms with Gasteiger partial charge in [0.1, 0.15) is 6.04 Å². The maximum Gasteiger partial charge on any atom is 0.326 e. The van der Waals surface area contributed by atoms with Crippen LogP contribution in [-0.2, 0) is 17.8 Å². The van der Waals surface area contributed by atoms with E-state index < -0.39 is 12.0 Å². The summed E-state index contributed by atoms with van der Waals surface area (Å²) < 4.78 is 5.81. The van der Waals surface area contributed by atoms with Gasteiger partial charge in [0.05, 0.1) is 17.6 Å². The number of nitrogens with zero attached hydrogens (tertiary/aromatic N) is 3. The Morgan fingerprint density at radius 2 is 1.76 bits per heavy atom. The molecule has 188 valence electrons. The molecule has 0 amide bonds. The Morgan fingerprint density at radius 1 is 1.03 bits per heavy atom. The molecule has 5 aromatic rings. The van der Waals surface area contributed by atoms with Crippen LogP contribution in [0.2, 0.25) is 0 Å². The minimum Gasteiger partial charge on any atom is -0.480 e. The van der Waals surface area contributed by atoms with Crippen LogP contribution < -0.4 is 10.6 Å². The SMILES string of the molecule is Cc1cc(C)c(NC(Cc2ccc(-c3nnc(CNc4nc5ccccc5[nH]4)o3)cc2)C(=O)O)c(C)c1. The van der Waals surface area contributed by atoms with E-state index >= 15 is 0 Å². The molecule has 0 saturated carbocycles. The fourth-order valence-corrected chi connectivity index (χ4v) is 4.44. The number of anilines is 2. The molecule has 0 aliphatic rings. The van der Waals surface area contributed by atoms with E-state index in [0.717, 1.165) is 44.5 Å². The zero-order chi connectivity index (χ0) is 25.9. The fourth-order valence-electron chi connectivity index (χ4n) is 4.44. The summed E-state index contributed by atoms with van der Waals surface area (Å²) in [4.78, 5) is 19.7. The van der Waals surface area contributed by atoms with E-state index in [1.54, 1.807) is 0 Å². The molecule has 37 heavy (non-hydrogen) atoms. The summed E-state index contributed by atoms with van der Waals surface area (Å²) in [5, 5.41) is 24.5. The lowest BCUT2D eigenvalue weighted by Crippen LogP contribution is -2.32. The van der Waals surface area contributed by atoms with Crippen molar-refractivity contribution < 1.29 is 14.3 Å². The summed E-state index contributed by atoms with van der Waals surface area (Å²) in [6.07, 6.45) is 0.332. The number of para-hydroxylation sites is 2. The number of H-pyrrole nitrogens is 1. The van der Waals surface area contributed by atoms with Gasteiger partial charge in [-0.2, -0.15) is 0 Å². The van der Waals surface area contributed by atoms with Crippen LogP contribution in [0.4, 0.5) is 11.6 Å². The van der Waals surface area contributed by atoms with Crippen LogP contribution in [0.15, 0.2) is 65.1 Å². The van der Waals surface area contributed by atoms with Crippen LogP contribution in [0.25, 0.3) is 22.5 Å². The summed E-state index contributed by atoms with van der Waals surface area (Å²) in [6.45, 7) is 6.33. The normalized spacial score (nSPS) is 12.0. The number of aromatic nitrogens is 4. The Balaban J connectivity index is 1.23. The van der Waals surface area contributed by atoms with Gasteiger partial charge >= 0.3 is 5.97 Å². The Morgan fingerprint density at radius 3 is 2.46 bits per heavy atom. The number of carboxylic acid groups (broad SMARTS) is 1. The zero-order valence-electron chi connectivity index (χ0n) is 20.9. The molecular weight excluding hydrogens is 468 g/mol. The molecule has 0 aliphatic carbocycles. The fraction of sp³-hybridized carbons (Fsp3) is 0.214. The molecule has 9 nitrogen and oxygen atoms in total. The van der Waals surface area contributed by atoms with Gasteiger partial charge in [0.15, 0.2) is 0 Å². The van der Waals surface area contributed by atoms with E-state index in [-0.39, 0.29) is 0 Å². The third kappa shape index (κ3) is 5.45. The summed E-state index contributed by atoms with van der Waals surface area (Å²) in [5.74, 6) is 0.551. The molecule has 0 fully saturated rings. The van der Waals surface area contributed by atoms with Gasteiger partial charge in [0, 0.05) is 17.7 Å². The molecule has 1 unspecified atom stereocenters. The minimum atomic E-state index is -0.901. The number of aryl methyl sites for hydroxylation is 3. The monoisotopic (exact) mass is 496 g/mol. The second-order valence-electron chi connectivity index (χ2n) is 9.17. The molecule has 0 spiro atoms. The van der Waals surface area contributed by atoms with E-state index in [2.05, 4.69) is 30.8 Å². The van der Waals surface area contributed by atoms with Crippen molar-refractivity contribution in [1.29, 1.82) is 0 Å². The van der Waals surface area contributed by atoms with E-state index in [9.17, 15) is 9.90 Å². The number of carboxylic acids is 1. The molecule has 2 aromatic heterocycles. The van der Waals surface area contributed by atoms with Crippen LogP contribution >= 0.6 is 0 Å². The lowest BCUT2D eigenvalue weighted by atomic mass is 10.0. The van der Waals surface area contributed by atoms with Crippen molar-refractivity contribution in [3.8, 4) is 11.5 Å². The Bertz CT molecular complexity index is 1500. The quantitative estimate of drug-likeness (QED) is 0.218. The molecule has 4 N–H and O–H groups in total. The summed E-state index contributed by atoms with van der Waals surface area (Å²) in [6, 6.07) is 18.6. The number of imidazole rings is 1. The number of aliphatic carboxylic acids is 1. The van der Waals surface area contributed by atoms with Gasteiger partial charge in [-0.15, -0.1) is 10.2 Å². The average Bonchev–Trinajstić information content (AvgIpc) is 3.51. The highest BCUT2D eigenvalue weighted by Gasteiger charge is 2.20. The van der Waals surface area contributed by atoms with Gasteiger partial charge < -0.3 is 25.1 Å². The number of rotatable bonds is 9. The maximum atomic E-state index is 12.0. The Kier molecular flexibility index (Phi) is 6.59. The number of hydrogen-bond donors (Lipinski definition) is 4. The molecular formula is C28H28N6O3. The second-order valence-corrected chi connectivity index (χ2v) is 9.17. The van der Waals surface area contributed by atoms with Crippen LogP contribution in [0.3, 0.4) is 0 Å². The number of carbonyl (C=O) groups is 1. The van der Waals surface area contributed by atoms with Crippen molar-refractivity contribution in [3.63, 3.8) is 0 Å². The summed E-state index contributed by atoms with van der Waals surface area (Å²) >= 11 is 0. The van der Waals surface area contributed by atoms with E-state index in [1.165, 1.54) is 0 Å². The van der Waals surface area contributed by atoms with Crippen molar-refractivity contribution in [2.24, 2.45) is 0 Å². The lowest BCUT2D eigenvalue weighted by molar-refractivity contribution is -0.137. The van der Waals surface area contributed by atoms with Crippen LogP contribution in [-0.4, -0.2) is 37.3 Å². The number of nitrogens with one attached hydrogen (secondary N) is 3. The number of hydrogen-bond acceptors (Lipinski definition) is 7. The summed E-state index contributed by atoms with van der Waals surface area (Å²) in [7, 11) is 0. The third-order valence-electron chi connectivity index (χ3n) is 6.20. The molecule has 1 atom stereocenters. The van der Waals surface area contributed by atoms with Gasteiger partial charge in [-0.25, -0.2) is 9.78 Å². The van der Waals surface area contributed by atoms with Crippen molar-refractivity contribution in [1.82, 2.24) is 20.2 Å². The number of fused-ring (bicyclic) bond motifs is 1. The third-order valence-corrected chi connectivity index (χ3v) is 6.20. The molecule has 5 rings (SSSR count). The molecule has 0 saturated heterocycles. The molecule has 0 bridgehead atoms. The van der Waals surface area contributed by atoms with Gasteiger partial charge in [-0.05, 0) is 61.7 Å². The van der Waals surface area contributed by atoms with Gasteiger partial charge in [0.2, 0.25) is 17.7 Å². The van der Waals surface area contributed by atoms with E-state index in [4.69, 9.17) is 4.42 Å². The number of benzene rings is 3. The molecule has 9 heteroatoms. The highest BCUT2D eigenvalue weighted by molar-refractivity contribution is 5.79. The topological polar surface area (TPSA) is 129 Å². The van der Waals surface area contributed by atoms with Crippen LogP contribution in [0.1, 0.15) is 28.1 Å². The Labute approximate surface area is 214 Å². The van der Waals surface area contributed by atoms with Crippen molar-refractivity contribution >= 4 is 28.6 Å². The first kappa shape index (κ1) is 24.1. The van der Waals surface area contributed by atoms with E-state index in [1.807, 2.05) is 81.4 Å². The zero-order valence-corrected chi connectivity index (χ0v) is 20.9. The highest BCUT2D eigenvalue weighted by Crippen LogP contribution is 2.24. The highest BCUT2D eigenvalue weighted by atomic mass is 16.4. The predicted molar refractivity (Wildman–Crippen MR) is 143 cm³/mol. The number of aromatic amines is 1. The van der Waals surface area contributed by atoms with E-state index in [0.29, 0.717) is 30.7 Å². The van der Waals surface area contributed by atoms with Gasteiger partial charge in [-0.1, -0.05) is 42.0 Å². The standard InChI is InChI=1S/C28H28N6O3/c1-16-12-17(2)25(18(3)13-16)30-23(27(35)36)14-19-8-10-20(11-9-19)26-34-33-24(37-26)15-29-28-31-21-6-4-5-7-22(21)32-28/h4-13,23,30H,14-15H2,1-3H3,(H,35,36)(H2,29,31,32). The van der Waals surface area contributed by atoms with Crippen molar-refractivity contribution in [2.75, 3.05) is 10.6 Å². The largest absolute Gasteiger partial charge is 0.480 e. The smallest absolute Gasteiger partial charge is 0.326 e. The lowest BCUT2D eigenvalue weighted by Gasteiger charge is -2.20. The Hall–Kier alpha value is -4.66. The van der Waals surface area contributed by atoms with Gasteiger partial charge in [-0.3, -0.25) is 0 Å². The second kappa shape index (κ2) is 10.1. The molecule has 0 radical (unpaired) electrons. The first-order chi connectivity index (χ1) is 17.9. The predicted octanol–water partition coefficient (Wildman–Crippen LogP) is 5.26. The molecule has 2 heterocycles. The first-order valence-corrected chi connectivity index (χ1v) is 12.0. The van der Waals surface area contributed by atoms with Crippen molar-refractivity contribution in [2.45, 2.75) is 39.8 Å². The molecule has 0 aliphatic heterocycles. The van der Waals surface area contributed by atoms with Crippen LogP contribution in [0, 0.1) is 20.8 Å². The van der Waals surface area contributed by atoms with Crippen molar-refractivity contribution in [3.05, 3.63) is 88.8 Å². The first-order valence-electron chi connectivity index (χ1n) is 12.0.